The van der Waals surface area contributed by atoms with Crippen molar-refractivity contribution in [1.82, 2.24) is 10.3 Å². The fraction of sp³-hybridized carbons (Fsp3) is 0.438. The molecule has 2 aromatic rings. The van der Waals surface area contributed by atoms with Crippen LogP contribution in [0.1, 0.15) is 39.7 Å². The summed E-state index contributed by atoms with van der Waals surface area (Å²) >= 11 is 1.77. The number of aryl methyl sites for hydroxylation is 3. The zero-order valence-corrected chi connectivity index (χ0v) is 13.6. The van der Waals surface area contributed by atoms with Gasteiger partial charge in [0.15, 0.2) is 0 Å². The van der Waals surface area contributed by atoms with Crippen LogP contribution in [-0.2, 0) is 0 Å². The number of aromatic nitrogens is 1. The molecule has 1 aromatic heterocycles. The fourth-order valence-electron chi connectivity index (χ4n) is 2.25. The molecule has 4 heteroatoms. The number of ether oxygens (including phenoxy) is 1. The Balaban J connectivity index is 2.40. The molecule has 0 radical (unpaired) electrons. The van der Waals surface area contributed by atoms with Gasteiger partial charge in [0.25, 0.3) is 0 Å². The summed E-state index contributed by atoms with van der Waals surface area (Å²) in [7, 11) is 1.71. The van der Waals surface area contributed by atoms with Gasteiger partial charge in [0.1, 0.15) is 10.8 Å². The van der Waals surface area contributed by atoms with E-state index in [2.05, 4.69) is 45.1 Å². The number of nitrogens with one attached hydrogen (secondary N) is 1. The summed E-state index contributed by atoms with van der Waals surface area (Å²) in [6.45, 7) is 9.30. The first kappa shape index (κ1) is 15.0. The van der Waals surface area contributed by atoms with Crippen LogP contribution in [0.25, 0.3) is 0 Å². The van der Waals surface area contributed by atoms with Crippen LogP contribution in [0.15, 0.2) is 18.2 Å². The highest BCUT2D eigenvalue weighted by atomic mass is 32.1. The van der Waals surface area contributed by atoms with Crippen LogP contribution in [0.3, 0.4) is 0 Å². The molecule has 0 amide bonds. The number of benzene rings is 1. The van der Waals surface area contributed by atoms with E-state index in [0.29, 0.717) is 0 Å². The van der Waals surface area contributed by atoms with Crippen molar-refractivity contribution in [2.45, 2.75) is 33.7 Å². The Kier molecular flexibility index (Phi) is 4.78. The average molecular weight is 290 g/mol. The molecule has 2 rings (SSSR count). The van der Waals surface area contributed by atoms with Gasteiger partial charge in [0.2, 0.25) is 0 Å². The molecule has 1 atom stereocenters. The minimum Gasteiger partial charge on any atom is -0.496 e. The van der Waals surface area contributed by atoms with E-state index in [4.69, 9.17) is 9.72 Å². The molecule has 0 saturated carbocycles. The van der Waals surface area contributed by atoms with Crippen LogP contribution in [0.5, 0.6) is 5.75 Å². The van der Waals surface area contributed by atoms with E-state index in [1.54, 1.807) is 18.4 Å². The van der Waals surface area contributed by atoms with Gasteiger partial charge in [-0.2, -0.15) is 0 Å². The summed E-state index contributed by atoms with van der Waals surface area (Å²) in [5, 5.41) is 4.66. The topological polar surface area (TPSA) is 34.1 Å². The first-order valence-electron chi connectivity index (χ1n) is 6.88. The third kappa shape index (κ3) is 3.02. The average Bonchev–Trinajstić information content (AvgIpc) is 2.75. The normalized spacial score (nSPS) is 12.4. The molecule has 1 unspecified atom stereocenters. The summed E-state index contributed by atoms with van der Waals surface area (Å²) < 4.78 is 5.34. The molecule has 20 heavy (non-hydrogen) atoms. The fourth-order valence-corrected chi connectivity index (χ4v) is 3.28. The van der Waals surface area contributed by atoms with Gasteiger partial charge in [-0.1, -0.05) is 19.1 Å². The quantitative estimate of drug-likeness (QED) is 0.910. The summed E-state index contributed by atoms with van der Waals surface area (Å²) in [5.41, 5.74) is 3.51. The highest BCUT2D eigenvalue weighted by Crippen LogP contribution is 2.30. The Morgan fingerprint density at radius 2 is 2.05 bits per heavy atom. The maximum atomic E-state index is 5.34. The highest BCUT2D eigenvalue weighted by molar-refractivity contribution is 7.11. The molecule has 108 valence electrons. The summed E-state index contributed by atoms with van der Waals surface area (Å²) in [4.78, 5) is 5.99. The van der Waals surface area contributed by atoms with Crippen LogP contribution in [0.2, 0.25) is 0 Å². The van der Waals surface area contributed by atoms with Gasteiger partial charge in [-0.15, -0.1) is 11.3 Å². The second-order valence-electron chi connectivity index (χ2n) is 4.91. The molecule has 1 heterocycles. The standard InChI is InChI=1S/C16H22N2OS/c1-6-17-15(16-18-11(3)12(4)20-16)13-7-8-14(19-5)10(2)9-13/h7-9,15,17H,6H2,1-5H3. The van der Waals surface area contributed by atoms with Crippen molar-refractivity contribution in [3.63, 3.8) is 0 Å². The van der Waals surface area contributed by atoms with E-state index >= 15 is 0 Å². The predicted octanol–water partition coefficient (Wildman–Crippen LogP) is 3.78. The maximum Gasteiger partial charge on any atom is 0.121 e. The second-order valence-corrected chi connectivity index (χ2v) is 6.15. The monoisotopic (exact) mass is 290 g/mol. The van der Waals surface area contributed by atoms with Gasteiger partial charge < -0.3 is 10.1 Å². The molecule has 1 aromatic carbocycles. The van der Waals surface area contributed by atoms with Crippen molar-refractivity contribution in [2.75, 3.05) is 13.7 Å². The molecule has 0 fully saturated rings. The third-order valence-electron chi connectivity index (χ3n) is 3.45. The van der Waals surface area contributed by atoms with Gasteiger partial charge in [-0.05, 0) is 44.5 Å². The third-order valence-corrected chi connectivity index (χ3v) is 4.59. The highest BCUT2D eigenvalue weighted by Gasteiger charge is 2.18. The molecule has 0 saturated heterocycles. The Morgan fingerprint density at radius 3 is 2.55 bits per heavy atom. The van der Waals surface area contributed by atoms with Crippen molar-refractivity contribution < 1.29 is 4.74 Å². The molecule has 0 aliphatic heterocycles. The Bertz CT molecular complexity index is 573. The number of thiazole rings is 1. The zero-order chi connectivity index (χ0) is 14.7. The van der Waals surface area contributed by atoms with Gasteiger partial charge in [0.05, 0.1) is 18.8 Å². The second kappa shape index (κ2) is 6.37. The molecular weight excluding hydrogens is 268 g/mol. The van der Waals surface area contributed by atoms with Crippen molar-refractivity contribution in [3.8, 4) is 5.75 Å². The molecular formula is C16H22N2OS. The molecule has 0 aliphatic rings. The SMILES string of the molecule is CCNC(c1ccc(OC)c(C)c1)c1nc(C)c(C)s1. The van der Waals surface area contributed by atoms with Crippen LogP contribution in [-0.4, -0.2) is 18.6 Å². The van der Waals surface area contributed by atoms with Gasteiger partial charge in [-0.3, -0.25) is 0 Å². The zero-order valence-electron chi connectivity index (χ0n) is 12.8. The number of hydrogen-bond acceptors (Lipinski definition) is 4. The first-order chi connectivity index (χ1) is 9.56. The van der Waals surface area contributed by atoms with Crippen LogP contribution in [0, 0.1) is 20.8 Å². The summed E-state index contributed by atoms with van der Waals surface area (Å²) in [6.07, 6.45) is 0. The first-order valence-corrected chi connectivity index (χ1v) is 7.70. The summed E-state index contributed by atoms with van der Waals surface area (Å²) in [6, 6.07) is 6.48. The Morgan fingerprint density at radius 1 is 1.30 bits per heavy atom. The van der Waals surface area contributed by atoms with Crippen molar-refractivity contribution in [2.24, 2.45) is 0 Å². The maximum absolute atomic E-state index is 5.34. The van der Waals surface area contributed by atoms with E-state index in [1.807, 2.05) is 6.07 Å². The number of hydrogen-bond donors (Lipinski definition) is 1. The molecule has 0 bridgehead atoms. The summed E-state index contributed by atoms with van der Waals surface area (Å²) in [5.74, 6) is 0.926. The van der Waals surface area contributed by atoms with Crippen molar-refractivity contribution in [3.05, 3.63) is 44.9 Å². The van der Waals surface area contributed by atoms with Crippen molar-refractivity contribution >= 4 is 11.3 Å². The largest absolute Gasteiger partial charge is 0.496 e. The van der Waals surface area contributed by atoms with Crippen molar-refractivity contribution in [1.29, 1.82) is 0 Å². The van der Waals surface area contributed by atoms with E-state index in [-0.39, 0.29) is 6.04 Å². The van der Waals surface area contributed by atoms with Crippen LogP contribution < -0.4 is 10.1 Å². The van der Waals surface area contributed by atoms with E-state index in [9.17, 15) is 0 Å². The van der Waals surface area contributed by atoms with Gasteiger partial charge >= 0.3 is 0 Å². The molecule has 0 spiro atoms. The Hall–Kier alpha value is -1.39. The van der Waals surface area contributed by atoms with Gasteiger partial charge in [0, 0.05) is 4.88 Å². The van der Waals surface area contributed by atoms with Crippen LogP contribution >= 0.6 is 11.3 Å². The number of methoxy groups -OCH3 is 1. The van der Waals surface area contributed by atoms with E-state index in [0.717, 1.165) is 28.6 Å². The predicted molar refractivity (Wildman–Crippen MR) is 84.8 cm³/mol. The smallest absolute Gasteiger partial charge is 0.121 e. The lowest BCUT2D eigenvalue weighted by Crippen LogP contribution is -2.22. The van der Waals surface area contributed by atoms with E-state index < -0.39 is 0 Å². The minimum atomic E-state index is 0.155. The van der Waals surface area contributed by atoms with E-state index in [1.165, 1.54) is 10.4 Å². The number of rotatable bonds is 5. The number of nitrogens with zero attached hydrogens (tertiary/aromatic N) is 1. The van der Waals surface area contributed by atoms with Gasteiger partial charge in [-0.25, -0.2) is 4.98 Å². The Labute approximate surface area is 125 Å². The molecule has 3 nitrogen and oxygen atoms in total. The minimum absolute atomic E-state index is 0.155. The molecule has 0 aliphatic carbocycles. The lowest BCUT2D eigenvalue weighted by molar-refractivity contribution is 0.411. The lowest BCUT2D eigenvalue weighted by Gasteiger charge is -2.17. The molecule has 1 N–H and O–H groups in total. The lowest BCUT2D eigenvalue weighted by atomic mass is 10.0. The van der Waals surface area contributed by atoms with Crippen LogP contribution in [0.4, 0.5) is 0 Å².